The number of carbonyl (C=O) groups excluding carboxylic acids is 1. The molecule has 0 aromatic heterocycles. The van der Waals surface area contributed by atoms with Crippen LogP contribution >= 0.6 is 0 Å². The lowest BCUT2D eigenvalue weighted by Crippen LogP contribution is -2.55. The number of hydrogen-bond donors (Lipinski definition) is 0. The van der Waals surface area contributed by atoms with Crippen LogP contribution in [0.3, 0.4) is 0 Å². The molecule has 0 radical (unpaired) electrons. The Hall–Kier alpha value is -0.460. The van der Waals surface area contributed by atoms with Crippen LogP contribution in [0.5, 0.6) is 0 Å². The predicted molar refractivity (Wildman–Crippen MR) is 120 cm³/mol. The molecule has 0 N–H and O–H groups in total. The minimum atomic E-state index is -3.43. The molecular weight excluding hydrogens is 384 g/mol. The van der Waals surface area contributed by atoms with Gasteiger partial charge in [-0.15, -0.1) is 0 Å². The average Bonchev–Trinajstić information content (AvgIpc) is 2.83. The van der Waals surface area contributed by atoms with Gasteiger partial charge in [0.1, 0.15) is 5.78 Å². The van der Waals surface area contributed by atoms with Gasteiger partial charge in [-0.25, -0.2) is 8.42 Å². The fourth-order valence-electron chi connectivity index (χ4n) is 5.54. The highest BCUT2D eigenvalue weighted by Crippen LogP contribution is 2.54. The Morgan fingerprint density at radius 2 is 1.52 bits per heavy atom. The van der Waals surface area contributed by atoms with E-state index in [1.54, 1.807) is 4.31 Å². The maximum absolute atomic E-state index is 13.2. The normalized spacial score (nSPS) is 36.5. The summed E-state index contributed by atoms with van der Waals surface area (Å²) in [6.45, 7) is 17.1. The van der Waals surface area contributed by atoms with Gasteiger partial charge in [-0.2, -0.15) is 4.31 Å². The van der Waals surface area contributed by atoms with Crippen LogP contribution in [0.2, 0.25) is 0 Å². The van der Waals surface area contributed by atoms with E-state index < -0.39 is 15.4 Å². The van der Waals surface area contributed by atoms with Gasteiger partial charge in [-0.05, 0) is 30.1 Å². The van der Waals surface area contributed by atoms with E-state index in [2.05, 4.69) is 32.6 Å². The predicted octanol–water partition coefficient (Wildman–Crippen LogP) is 4.18. The SMILES string of the molecule is CC.CC1CCCCC1N1CCN(S(=O)(=O)CC2(C)C(=O)CC(C)C2(C)C)CC1. The van der Waals surface area contributed by atoms with Gasteiger partial charge in [0.2, 0.25) is 10.0 Å². The van der Waals surface area contributed by atoms with Crippen molar-refractivity contribution in [2.45, 2.75) is 86.6 Å². The summed E-state index contributed by atoms with van der Waals surface area (Å²) in [6, 6.07) is 0.609. The van der Waals surface area contributed by atoms with Crippen LogP contribution in [0, 0.1) is 22.7 Å². The Morgan fingerprint density at radius 3 is 2.00 bits per heavy atom. The van der Waals surface area contributed by atoms with Crippen molar-refractivity contribution in [1.82, 2.24) is 9.21 Å². The zero-order chi connectivity index (χ0) is 22.0. The summed E-state index contributed by atoms with van der Waals surface area (Å²) in [6.07, 6.45) is 5.64. The highest BCUT2D eigenvalue weighted by atomic mass is 32.2. The van der Waals surface area contributed by atoms with Gasteiger partial charge in [0.15, 0.2) is 0 Å². The van der Waals surface area contributed by atoms with Crippen molar-refractivity contribution < 1.29 is 13.2 Å². The van der Waals surface area contributed by atoms with E-state index in [1.807, 2.05) is 20.8 Å². The van der Waals surface area contributed by atoms with E-state index in [0.29, 0.717) is 31.5 Å². The summed E-state index contributed by atoms with van der Waals surface area (Å²) in [7, 11) is -3.43. The fraction of sp³-hybridized carbons (Fsp3) is 0.957. The largest absolute Gasteiger partial charge is 0.299 e. The standard InChI is InChI=1S/C21H38N2O3S.C2H6/c1-16-8-6-7-9-18(16)22-10-12-23(13-11-22)27(25,26)15-21(5)19(24)14-17(2)20(21,3)4;1-2/h16-18H,6-15H2,1-5H3;1-2H3. The molecule has 0 aromatic rings. The molecule has 1 aliphatic heterocycles. The van der Waals surface area contributed by atoms with Gasteiger partial charge in [-0.1, -0.05) is 61.3 Å². The van der Waals surface area contributed by atoms with Crippen molar-refractivity contribution in [1.29, 1.82) is 0 Å². The first-order chi connectivity index (χ1) is 13.5. The van der Waals surface area contributed by atoms with Crippen molar-refractivity contribution in [3.8, 4) is 0 Å². The molecule has 0 aromatic carbocycles. The first-order valence-corrected chi connectivity index (χ1v) is 13.3. The van der Waals surface area contributed by atoms with Gasteiger partial charge in [0, 0.05) is 44.1 Å². The molecule has 1 saturated heterocycles. The topological polar surface area (TPSA) is 57.7 Å². The highest BCUT2D eigenvalue weighted by Gasteiger charge is 2.57. The third-order valence-electron chi connectivity index (χ3n) is 8.43. The van der Waals surface area contributed by atoms with Gasteiger partial charge in [0.05, 0.1) is 5.75 Å². The first-order valence-electron chi connectivity index (χ1n) is 11.7. The Labute approximate surface area is 179 Å². The molecule has 3 fully saturated rings. The minimum absolute atomic E-state index is 0.0456. The second-order valence-electron chi connectivity index (χ2n) is 10.1. The number of nitrogens with zero attached hydrogens (tertiary/aromatic N) is 2. The lowest BCUT2D eigenvalue weighted by Gasteiger charge is -2.44. The number of piperazine rings is 1. The molecule has 3 aliphatic rings. The van der Waals surface area contributed by atoms with Gasteiger partial charge in [0.25, 0.3) is 0 Å². The summed E-state index contributed by atoms with van der Waals surface area (Å²) in [5.74, 6) is 0.989. The lowest BCUT2D eigenvalue weighted by atomic mass is 9.67. The van der Waals surface area contributed by atoms with Crippen molar-refractivity contribution in [3.05, 3.63) is 0 Å². The monoisotopic (exact) mass is 428 g/mol. The van der Waals surface area contributed by atoms with Gasteiger partial charge < -0.3 is 0 Å². The van der Waals surface area contributed by atoms with E-state index in [-0.39, 0.29) is 22.9 Å². The molecule has 0 amide bonds. The van der Waals surface area contributed by atoms with E-state index in [0.717, 1.165) is 13.1 Å². The molecule has 0 spiro atoms. The molecule has 4 atom stereocenters. The van der Waals surface area contributed by atoms with Gasteiger partial charge >= 0.3 is 0 Å². The molecule has 2 saturated carbocycles. The zero-order valence-corrected chi connectivity index (χ0v) is 20.6. The third-order valence-corrected chi connectivity index (χ3v) is 10.5. The molecule has 6 heteroatoms. The molecule has 2 aliphatic carbocycles. The number of carbonyl (C=O) groups is 1. The summed E-state index contributed by atoms with van der Waals surface area (Å²) in [4.78, 5) is 15.2. The molecule has 4 unspecified atom stereocenters. The first kappa shape index (κ1) is 24.8. The van der Waals surface area contributed by atoms with Crippen LogP contribution in [-0.4, -0.2) is 61.4 Å². The lowest BCUT2D eigenvalue weighted by molar-refractivity contribution is -0.126. The number of hydrogen-bond acceptors (Lipinski definition) is 4. The van der Waals surface area contributed by atoms with E-state index in [9.17, 15) is 13.2 Å². The number of Topliss-reactive ketones (excluding diaryl/α,β-unsaturated/α-hetero) is 1. The van der Waals surface area contributed by atoms with Crippen LogP contribution in [0.4, 0.5) is 0 Å². The summed E-state index contributed by atoms with van der Waals surface area (Å²) in [5.41, 5.74) is -1.09. The average molecular weight is 429 g/mol. The Bertz CT molecular complexity index is 668. The van der Waals surface area contributed by atoms with Crippen molar-refractivity contribution in [3.63, 3.8) is 0 Å². The smallest absolute Gasteiger partial charge is 0.215 e. The molecule has 1 heterocycles. The molecule has 5 nitrogen and oxygen atoms in total. The summed E-state index contributed by atoms with van der Waals surface area (Å²) >= 11 is 0. The number of sulfonamides is 1. The fourth-order valence-corrected chi connectivity index (χ4v) is 7.70. The van der Waals surface area contributed by atoms with Crippen LogP contribution in [-0.2, 0) is 14.8 Å². The van der Waals surface area contributed by atoms with Crippen molar-refractivity contribution in [2.75, 3.05) is 31.9 Å². The Kier molecular flexibility index (Phi) is 8.00. The molecule has 3 rings (SSSR count). The second-order valence-corrected chi connectivity index (χ2v) is 12.1. The number of rotatable bonds is 4. The molecule has 29 heavy (non-hydrogen) atoms. The second kappa shape index (κ2) is 9.35. The van der Waals surface area contributed by atoms with Crippen molar-refractivity contribution >= 4 is 15.8 Å². The third kappa shape index (κ3) is 4.74. The summed E-state index contributed by atoms with van der Waals surface area (Å²) in [5, 5.41) is 0. The number of ketones is 1. The van der Waals surface area contributed by atoms with Crippen LogP contribution in [0.1, 0.15) is 80.6 Å². The minimum Gasteiger partial charge on any atom is -0.299 e. The Balaban J connectivity index is 0.00000145. The zero-order valence-electron chi connectivity index (χ0n) is 19.8. The van der Waals surface area contributed by atoms with E-state index in [1.165, 1.54) is 25.7 Å². The molecular formula is C23H44N2O3S. The van der Waals surface area contributed by atoms with Crippen molar-refractivity contribution in [2.24, 2.45) is 22.7 Å². The van der Waals surface area contributed by atoms with E-state index in [4.69, 9.17) is 0 Å². The van der Waals surface area contributed by atoms with Crippen LogP contribution in [0.15, 0.2) is 0 Å². The highest BCUT2D eigenvalue weighted by molar-refractivity contribution is 7.89. The molecule has 170 valence electrons. The maximum atomic E-state index is 13.2. The van der Waals surface area contributed by atoms with Crippen LogP contribution < -0.4 is 0 Å². The van der Waals surface area contributed by atoms with Gasteiger partial charge in [-0.3, -0.25) is 9.69 Å². The quantitative estimate of drug-likeness (QED) is 0.674. The van der Waals surface area contributed by atoms with Crippen LogP contribution in [0.25, 0.3) is 0 Å². The molecule has 0 bridgehead atoms. The van der Waals surface area contributed by atoms with E-state index >= 15 is 0 Å². The summed E-state index contributed by atoms with van der Waals surface area (Å²) < 4.78 is 28.0. The Morgan fingerprint density at radius 1 is 0.966 bits per heavy atom. The maximum Gasteiger partial charge on any atom is 0.215 e.